The lowest BCUT2D eigenvalue weighted by atomic mass is 10.1. The summed E-state index contributed by atoms with van der Waals surface area (Å²) in [6, 6.07) is 12.2. The van der Waals surface area contributed by atoms with E-state index in [-0.39, 0.29) is 11.9 Å². The van der Waals surface area contributed by atoms with Crippen molar-refractivity contribution in [2.24, 2.45) is 0 Å². The maximum absolute atomic E-state index is 12.4. The Bertz CT molecular complexity index is 782. The van der Waals surface area contributed by atoms with Gasteiger partial charge in [0.15, 0.2) is 0 Å². The molecule has 24 heavy (non-hydrogen) atoms. The largest absolute Gasteiger partial charge is 0.349 e. The van der Waals surface area contributed by atoms with Crippen LogP contribution >= 0.6 is 22.7 Å². The van der Waals surface area contributed by atoms with Crippen LogP contribution in [0.1, 0.15) is 21.3 Å². The van der Waals surface area contributed by atoms with Crippen LogP contribution in [0.25, 0.3) is 10.6 Å². The first-order valence-corrected chi connectivity index (χ1v) is 9.39. The number of thiophene rings is 1. The standard InChI is InChI=1S/C18H19N3OS2/c1-21(2)15(14-8-9-23-12-14)10-19-17(22)16-11-20-18(24-16)13-6-4-3-5-7-13/h3-9,11-12,15H,10H2,1-2H3,(H,19,22)/t15-/m1/s1. The van der Waals surface area contributed by atoms with Gasteiger partial charge >= 0.3 is 0 Å². The maximum Gasteiger partial charge on any atom is 0.263 e. The molecule has 2 aromatic heterocycles. The summed E-state index contributed by atoms with van der Waals surface area (Å²) in [5.74, 6) is -0.0724. The predicted octanol–water partition coefficient (Wildman–Crippen LogP) is 3.90. The average molecular weight is 358 g/mol. The highest BCUT2D eigenvalue weighted by atomic mass is 32.1. The number of benzene rings is 1. The fourth-order valence-corrected chi connectivity index (χ4v) is 3.98. The second-order valence-electron chi connectivity index (χ2n) is 5.64. The van der Waals surface area contributed by atoms with Gasteiger partial charge in [0.2, 0.25) is 0 Å². The Morgan fingerprint density at radius 3 is 2.71 bits per heavy atom. The van der Waals surface area contributed by atoms with Crippen molar-refractivity contribution >= 4 is 28.6 Å². The number of likely N-dealkylation sites (N-methyl/N-ethyl adjacent to an activating group) is 1. The third-order valence-electron chi connectivity index (χ3n) is 3.76. The normalized spacial score (nSPS) is 12.3. The lowest BCUT2D eigenvalue weighted by Crippen LogP contribution is -2.34. The smallest absolute Gasteiger partial charge is 0.263 e. The quantitative estimate of drug-likeness (QED) is 0.728. The molecule has 1 aromatic carbocycles. The van der Waals surface area contributed by atoms with Gasteiger partial charge < -0.3 is 10.2 Å². The lowest BCUT2D eigenvalue weighted by molar-refractivity contribution is 0.0946. The summed E-state index contributed by atoms with van der Waals surface area (Å²) in [7, 11) is 4.05. The van der Waals surface area contributed by atoms with E-state index in [1.165, 1.54) is 16.9 Å². The van der Waals surface area contributed by atoms with E-state index in [1.54, 1.807) is 17.5 Å². The van der Waals surface area contributed by atoms with Crippen LogP contribution in [0.5, 0.6) is 0 Å². The predicted molar refractivity (Wildman–Crippen MR) is 101 cm³/mol. The molecule has 1 amide bonds. The summed E-state index contributed by atoms with van der Waals surface area (Å²) in [6.07, 6.45) is 1.65. The Balaban J connectivity index is 1.66. The van der Waals surface area contributed by atoms with E-state index in [1.807, 2.05) is 44.4 Å². The second-order valence-corrected chi connectivity index (χ2v) is 7.45. The molecule has 3 rings (SSSR count). The highest BCUT2D eigenvalue weighted by Gasteiger charge is 2.17. The second kappa shape index (κ2) is 7.70. The summed E-state index contributed by atoms with van der Waals surface area (Å²) in [6.45, 7) is 0.571. The van der Waals surface area contributed by atoms with E-state index in [0.717, 1.165) is 10.6 Å². The third-order valence-corrected chi connectivity index (χ3v) is 5.50. The Kier molecular flexibility index (Phi) is 5.40. The number of carbonyl (C=O) groups excluding carboxylic acids is 1. The SMILES string of the molecule is CN(C)[C@H](CNC(=O)c1cnc(-c2ccccc2)s1)c1ccsc1. The van der Waals surface area contributed by atoms with Crippen LogP contribution in [0.2, 0.25) is 0 Å². The fraction of sp³-hybridized carbons (Fsp3) is 0.222. The van der Waals surface area contributed by atoms with Gasteiger partial charge in [0.25, 0.3) is 5.91 Å². The van der Waals surface area contributed by atoms with Crippen molar-refractivity contribution in [3.05, 3.63) is 63.8 Å². The van der Waals surface area contributed by atoms with Crippen LogP contribution in [-0.2, 0) is 0 Å². The van der Waals surface area contributed by atoms with Crippen molar-refractivity contribution < 1.29 is 4.79 Å². The summed E-state index contributed by atoms with van der Waals surface area (Å²) in [4.78, 5) is 19.5. The zero-order valence-electron chi connectivity index (χ0n) is 13.6. The van der Waals surface area contributed by atoms with Crippen LogP contribution in [0.15, 0.2) is 53.4 Å². The van der Waals surface area contributed by atoms with Gasteiger partial charge in [-0.25, -0.2) is 4.98 Å². The Labute approximate surface area is 149 Å². The molecule has 6 heteroatoms. The molecule has 0 aliphatic carbocycles. The first-order valence-electron chi connectivity index (χ1n) is 7.63. The van der Waals surface area contributed by atoms with Gasteiger partial charge in [-0.1, -0.05) is 30.3 Å². The van der Waals surface area contributed by atoms with Gasteiger partial charge in [0, 0.05) is 12.1 Å². The minimum absolute atomic E-state index is 0.0724. The minimum Gasteiger partial charge on any atom is -0.349 e. The van der Waals surface area contributed by atoms with Crippen LogP contribution in [-0.4, -0.2) is 36.4 Å². The molecule has 0 fully saturated rings. The molecule has 3 aromatic rings. The fourth-order valence-electron chi connectivity index (χ4n) is 2.43. The molecule has 0 radical (unpaired) electrons. The molecule has 0 unspecified atom stereocenters. The van der Waals surface area contributed by atoms with Crippen molar-refractivity contribution in [3.63, 3.8) is 0 Å². The number of thiazole rings is 1. The number of nitrogens with one attached hydrogen (secondary N) is 1. The summed E-state index contributed by atoms with van der Waals surface area (Å²) in [5.41, 5.74) is 2.26. The molecular formula is C18H19N3OS2. The Morgan fingerprint density at radius 2 is 2.04 bits per heavy atom. The third kappa shape index (κ3) is 3.90. The van der Waals surface area contributed by atoms with Gasteiger partial charge in [0.05, 0.1) is 12.2 Å². The van der Waals surface area contributed by atoms with Crippen molar-refractivity contribution in [2.75, 3.05) is 20.6 Å². The topological polar surface area (TPSA) is 45.2 Å². The number of hydrogen-bond acceptors (Lipinski definition) is 5. The summed E-state index contributed by atoms with van der Waals surface area (Å²) < 4.78 is 0. The van der Waals surface area contributed by atoms with E-state index in [9.17, 15) is 4.79 Å². The minimum atomic E-state index is -0.0724. The molecule has 0 saturated heterocycles. The van der Waals surface area contributed by atoms with E-state index < -0.39 is 0 Å². The van der Waals surface area contributed by atoms with Crippen molar-refractivity contribution in [2.45, 2.75) is 6.04 Å². The number of nitrogens with zero attached hydrogens (tertiary/aromatic N) is 2. The molecule has 0 bridgehead atoms. The van der Waals surface area contributed by atoms with Gasteiger partial charge in [-0.3, -0.25) is 4.79 Å². The average Bonchev–Trinajstić information content (AvgIpc) is 3.27. The first-order chi connectivity index (χ1) is 11.6. The van der Waals surface area contributed by atoms with E-state index in [2.05, 4.69) is 32.0 Å². The number of carbonyl (C=O) groups is 1. The molecule has 0 aliphatic rings. The van der Waals surface area contributed by atoms with E-state index in [0.29, 0.717) is 11.4 Å². The molecule has 1 atom stereocenters. The molecule has 0 saturated carbocycles. The van der Waals surface area contributed by atoms with Crippen LogP contribution in [0.4, 0.5) is 0 Å². The number of rotatable bonds is 6. The lowest BCUT2D eigenvalue weighted by Gasteiger charge is -2.23. The molecule has 2 heterocycles. The summed E-state index contributed by atoms with van der Waals surface area (Å²) in [5, 5.41) is 8.07. The zero-order chi connectivity index (χ0) is 16.9. The van der Waals surface area contributed by atoms with Gasteiger partial charge in [-0.2, -0.15) is 11.3 Å². The van der Waals surface area contributed by atoms with E-state index in [4.69, 9.17) is 0 Å². The monoisotopic (exact) mass is 357 g/mol. The molecule has 0 aliphatic heterocycles. The number of amides is 1. The van der Waals surface area contributed by atoms with Crippen LogP contribution in [0, 0.1) is 0 Å². The molecule has 4 nitrogen and oxygen atoms in total. The molecule has 124 valence electrons. The first kappa shape index (κ1) is 16.8. The van der Waals surface area contributed by atoms with E-state index >= 15 is 0 Å². The molecule has 0 spiro atoms. The van der Waals surface area contributed by atoms with Gasteiger partial charge in [-0.05, 0) is 36.5 Å². The number of aromatic nitrogens is 1. The highest BCUT2D eigenvalue weighted by molar-refractivity contribution is 7.16. The maximum atomic E-state index is 12.4. The van der Waals surface area contributed by atoms with Gasteiger partial charge in [-0.15, -0.1) is 11.3 Å². The Hall–Kier alpha value is -2.02. The molecular weight excluding hydrogens is 338 g/mol. The summed E-state index contributed by atoms with van der Waals surface area (Å²) >= 11 is 3.09. The Morgan fingerprint density at radius 1 is 1.25 bits per heavy atom. The van der Waals surface area contributed by atoms with Gasteiger partial charge in [0.1, 0.15) is 9.88 Å². The highest BCUT2D eigenvalue weighted by Crippen LogP contribution is 2.25. The van der Waals surface area contributed by atoms with Crippen molar-refractivity contribution in [3.8, 4) is 10.6 Å². The van der Waals surface area contributed by atoms with Crippen LogP contribution in [0.3, 0.4) is 0 Å². The zero-order valence-corrected chi connectivity index (χ0v) is 15.2. The molecule has 1 N–H and O–H groups in total. The van der Waals surface area contributed by atoms with Crippen molar-refractivity contribution in [1.29, 1.82) is 0 Å². The van der Waals surface area contributed by atoms with Crippen molar-refractivity contribution in [1.82, 2.24) is 15.2 Å². The van der Waals surface area contributed by atoms with Crippen LogP contribution < -0.4 is 5.32 Å². The number of hydrogen-bond donors (Lipinski definition) is 1.